The third kappa shape index (κ3) is 52.0. The van der Waals surface area contributed by atoms with Crippen LogP contribution in [0.3, 0.4) is 0 Å². The van der Waals surface area contributed by atoms with Crippen molar-refractivity contribution < 1.29 is 24.5 Å². The molecule has 66 heavy (non-hydrogen) atoms. The number of amides is 1. The lowest BCUT2D eigenvalue weighted by molar-refractivity contribution is -0.143. The topological polar surface area (TPSA) is 95.9 Å². The van der Waals surface area contributed by atoms with E-state index in [0.717, 1.165) is 77.0 Å². The van der Waals surface area contributed by atoms with E-state index in [9.17, 15) is 19.8 Å². The highest BCUT2D eigenvalue weighted by Gasteiger charge is 2.20. The van der Waals surface area contributed by atoms with E-state index >= 15 is 0 Å². The minimum absolute atomic E-state index is 0.0177. The van der Waals surface area contributed by atoms with Crippen molar-refractivity contribution in [1.29, 1.82) is 0 Å². The number of nitrogens with one attached hydrogen (secondary N) is 1. The molecule has 0 radical (unpaired) electrons. The van der Waals surface area contributed by atoms with Crippen molar-refractivity contribution in [2.24, 2.45) is 0 Å². The van der Waals surface area contributed by atoms with Crippen molar-refractivity contribution in [2.75, 3.05) is 13.2 Å². The minimum Gasteiger partial charge on any atom is -0.466 e. The van der Waals surface area contributed by atoms with E-state index in [1.165, 1.54) is 225 Å². The largest absolute Gasteiger partial charge is 0.466 e. The molecule has 0 saturated heterocycles. The number of ether oxygens (including phenoxy) is 1. The second-order valence-corrected chi connectivity index (χ2v) is 20.7. The number of aliphatic hydroxyl groups is 2. The van der Waals surface area contributed by atoms with E-state index in [1.54, 1.807) is 0 Å². The summed E-state index contributed by atoms with van der Waals surface area (Å²) in [4.78, 5) is 24.6. The van der Waals surface area contributed by atoms with Gasteiger partial charge in [-0.1, -0.05) is 276 Å². The Morgan fingerprint density at radius 1 is 0.409 bits per heavy atom. The van der Waals surface area contributed by atoms with E-state index in [4.69, 9.17) is 4.74 Å². The molecule has 0 aromatic heterocycles. The molecule has 0 aliphatic rings. The molecule has 0 bridgehead atoms. The fraction of sp³-hybridized carbons (Fsp3) is 0.933. The molecule has 0 aliphatic carbocycles. The Balaban J connectivity index is 3.47. The first-order valence-corrected chi connectivity index (χ1v) is 29.9. The van der Waals surface area contributed by atoms with E-state index < -0.39 is 12.1 Å². The molecular formula is C60H117NO5. The summed E-state index contributed by atoms with van der Waals surface area (Å²) in [6.45, 7) is 4.93. The molecule has 0 aliphatic heterocycles. The molecule has 2 atom stereocenters. The van der Waals surface area contributed by atoms with Crippen molar-refractivity contribution in [3.05, 3.63) is 12.2 Å². The molecule has 6 heteroatoms. The van der Waals surface area contributed by atoms with Crippen molar-refractivity contribution in [3.8, 4) is 0 Å². The molecule has 0 fully saturated rings. The van der Waals surface area contributed by atoms with E-state index in [-0.39, 0.29) is 18.5 Å². The standard InChI is InChI=1S/C60H117NO5/c1-3-5-7-9-11-13-15-17-19-21-22-23-25-26-28-32-36-40-44-48-52-58(63)57(56-62)61-59(64)53-49-45-41-37-33-30-31-35-39-43-47-51-55-66-60(65)54-50-46-42-38-34-29-27-24-20-18-16-14-12-10-8-6-4-2/h31,35,57-58,62-63H,3-30,32-34,36-56H2,1-2H3,(H,61,64)/b35-31-. The van der Waals surface area contributed by atoms with Crippen LogP contribution in [-0.4, -0.2) is 47.4 Å². The van der Waals surface area contributed by atoms with Gasteiger partial charge in [-0.05, 0) is 57.8 Å². The van der Waals surface area contributed by atoms with Gasteiger partial charge in [0, 0.05) is 12.8 Å². The van der Waals surface area contributed by atoms with Crippen LogP contribution in [0.2, 0.25) is 0 Å². The summed E-state index contributed by atoms with van der Waals surface area (Å²) in [6.07, 6.45) is 66.4. The molecule has 6 nitrogen and oxygen atoms in total. The number of hydrogen-bond donors (Lipinski definition) is 3. The quantitative estimate of drug-likeness (QED) is 0.0321. The number of rotatable bonds is 56. The van der Waals surface area contributed by atoms with Gasteiger partial charge in [-0.3, -0.25) is 9.59 Å². The van der Waals surface area contributed by atoms with Crippen LogP contribution in [0.5, 0.6) is 0 Å². The highest BCUT2D eigenvalue weighted by Crippen LogP contribution is 2.18. The van der Waals surface area contributed by atoms with Crippen LogP contribution in [-0.2, 0) is 14.3 Å². The first-order chi connectivity index (χ1) is 32.5. The Morgan fingerprint density at radius 2 is 0.712 bits per heavy atom. The van der Waals surface area contributed by atoms with Gasteiger partial charge in [-0.15, -0.1) is 0 Å². The lowest BCUT2D eigenvalue weighted by atomic mass is 10.0. The predicted molar refractivity (Wildman–Crippen MR) is 287 cm³/mol. The molecule has 0 saturated carbocycles. The van der Waals surface area contributed by atoms with Crippen LogP contribution >= 0.6 is 0 Å². The van der Waals surface area contributed by atoms with Crippen LogP contribution < -0.4 is 5.32 Å². The van der Waals surface area contributed by atoms with Crippen LogP contribution in [0.15, 0.2) is 12.2 Å². The molecular weight excluding hydrogens is 815 g/mol. The number of hydrogen-bond acceptors (Lipinski definition) is 5. The van der Waals surface area contributed by atoms with Crippen molar-refractivity contribution in [3.63, 3.8) is 0 Å². The Hall–Kier alpha value is -1.40. The van der Waals surface area contributed by atoms with E-state index in [0.29, 0.717) is 25.9 Å². The molecule has 0 aromatic rings. The summed E-state index contributed by atoms with van der Waals surface area (Å²) in [5.41, 5.74) is 0. The van der Waals surface area contributed by atoms with Gasteiger partial charge < -0.3 is 20.3 Å². The van der Waals surface area contributed by atoms with E-state index in [2.05, 4.69) is 31.3 Å². The highest BCUT2D eigenvalue weighted by atomic mass is 16.5. The molecule has 0 spiro atoms. The number of unbranched alkanes of at least 4 members (excludes halogenated alkanes) is 43. The molecule has 1 amide bonds. The van der Waals surface area contributed by atoms with Gasteiger partial charge in [0.05, 0.1) is 25.4 Å². The van der Waals surface area contributed by atoms with Crippen molar-refractivity contribution >= 4 is 11.9 Å². The Labute approximate surface area is 412 Å². The normalized spacial score (nSPS) is 12.6. The maximum atomic E-state index is 12.5. The monoisotopic (exact) mass is 932 g/mol. The second-order valence-electron chi connectivity index (χ2n) is 20.7. The van der Waals surface area contributed by atoms with Crippen molar-refractivity contribution in [2.45, 2.75) is 347 Å². The molecule has 392 valence electrons. The lowest BCUT2D eigenvalue weighted by Gasteiger charge is -2.22. The molecule has 0 aromatic carbocycles. The Morgan fingerprint density at radius 3 is 1.08 bits per heavy atom. The summed E-state index contributed by atoms with van der Waals surface area (Å²) in [5, 5.41) is 23.3. The summed E-state index contributed by atoms with van der Waals surface area (Å²) in [6, 6.07) is -0.560. The van der Waals surface area contributed by atoms with Gasteiger partial charge in [0.1, 0.15) is 0 Å². The first kappa shape index (κ1) is 64.6. The maximum absolute atomic E-state index is 12.5. The number of carbonyl (C=O) groups excluding carboxylic acids is 2. The summed E-state index contributed by atoms with van der Waals surface area (Å²) in [7, 11) is 0. The third-order valence-corrected chi connectivity index (χ3v) is 14.1. The zero-order valence-electron chi connectivity index (χ0n) is 44.7. The van der Waals surface area contributed by atoms with Gasteiger partial charge in [-0.2, -0.15) is 0 Å². The fourth-order valence-electron chi connectivity index (χ4n) is 9.46. The Bertz CT molecular complexity index is 986. The minimum atomic E-state index is -0.680. The van der Waals surface area contributed by atoms with Gasteiger partial charge >= 0.3 is 5.97 Å². The van der Waals surface area contributed by atoms with Crippen LogP contribution in [0.25, 0.3) is 0 Å². The maximum Gasteiger partial charge on any atom is 0.305 e. The molecule has 3 N–H and O–H groups in total. The van der Waals surface area contributed by atoms with Crippen LogP contribution in [0, 0.1) is 0 Å². The van der Waals surface area contributed by atoms with Gasteiger partial charge in [0.25, 0.3) is 0 Å². The second kappa shape index (κ2) is 56.2. The zero-order chi connectivity index (χ0) is 47.9. The van der Waals surface area contributed by atoms with E-state index in [1.807, 2.05) is 0 Å². The number of aliphatic hydroxyl groups excluding tert-OH is 2. The number of esters is 1. The molecule has 2 unspecified atom stereocenters. The van der Waals surface area contributed by atoms with Gasteiger partial charge in [-0.25, -0.2) is 0 Å². The van der Waals surface area contributed by atoms with Crippen LogP contribution in [0.4, 0.5) is 0 Å². The summed E-state index contributed by atoms with van der Waals surface area (Å²) >= 11 is 0. The van der Waals surface area contributed by atoms with Gasteiger partial charge in [0.15, 0.2) is 0 Å². The number of carbonyl (C=O) groups is 2. The third-order valence-electron chi connectivity index (χ3n) is 14.1. The first-order valence-electron chi connectivity index (χ1n) is 29.9. The summed E-state index contributed by atoms with van der Waals surface area (Å²) in [5.74, 6) is -0.0747. The average Bonchev–Trinajstić information content (AvgIpc) is 3.32. The van der Waals surface area contributed by atoms with Gasteiger partial charge in [0.2, 0.25) is 5.91 Å². The smallest absolute Gasteiger partial charge is 0.305 e. The highest BCUT2D eigenvalue weighted by molar-refractivity contribution is 5.76. The molecule has 0 heterocycles. The Kier molecular flexibility index (Phi) is 55.0. The van der Waals surface area contributed by atoms with Crippen molar-refractivity contribution in [1.82, 2.24) is 5.32 Å². The fourth-order valence-corrected chi connectivity index (χ4v) is 9.46. The van der Waals surface area contributed by atoms with Crippen LogP contribution in [0.1, 0.15) is 335 Å². The average molecular weight is 933 g/mol. The SMILES string of the molecule is CCCCCCCCCCCCCCCCCCCCCCC(O)C(CO)NC(=O)CCCCCCC/C=C\CCCCCOC(=O)CCCCCCCCCCCCCCCCCCC. The molecule has 0 rings (SSSR count). The number of allylic oxidation sites excluding steroid dienone is 2. The summed E-state index contributed by atoms with van der Waals surface area (Å²) < 4.78 is 5.47. The predicted octanol–water partition coefficient (Wildman–Crippen LogP) is 18.5. The zero-order valence-corrected chi connectivity index (χ0v) is 44.7. The lowest BCUT2D eigenvalue weighted by Crippen LogP contribution is -2.45.